The number of nitrogens with zero attached hydrogens (tertiary/aromatic N) is 1. The summed E-state index contributed by atoms with van der Waals surface area (Å²) in [7, 11) is 0. The largest absolute Gasteiger partial charge is 0.459 e. The van der Waals surface area contributed by atoms with Gasteiger partial charge < -0.3 is 9.73 Å². The molecule has 1 heterocycles. The summed E-state index contributed by atoms with van der Waals surface area (Å²) in [6.07, 6.45) is 2.50. The van der Waals surface area contributed by atoms with Crippen molar-refractivity contribution in [1.29, 1.82) is 0 Å². The van der Waals surface area contributed by atoms with E-state index in [1.54, 1.807) is 0 Å². The van der Waals surface area contributed by atoms with Crippen molar-refractivity contribution in [2.24, 2.45) is 0 Å². The molecule has 116 valence electrons. The molecule has 0 aliphatic carbocycles. The zero-order valence-corrected chi connectivity index (χ0v) is 13.6. The van der Waals surface area contributed by atoms with Crippen molar-refractivity contribution in [3.63, 3.8) is 0 Å². The second kappa shape index (κ2) is 8.20. The van der Waals surface area contributed by atoms with E-state index in [2.05, 4.69) is 49.2 Å². The third-order valence-corrected chi connectivity index (χ3v) is 3.97. The van der Waals surface area contributed by atoms with Gasteiger partial charge in [0.15, 0.2) is 0 Å². The van der Waals surface area contributed by atoms with Crippen LogP contribution in [0.2, 0.25) is 0 Å². The molecule has 1 aromatic heterocycles. The molecule has 21 heavy (non-hydrogen) atoms. The quantitative estimate of drug-likeness (QED) is 0.751. The number of furan rings is 1. The predicted molar refractivity (Wildman–Crippen MR) is 89.5 cm³/mol. The topological polar surface area (TPSA) is 28.4 Å². The van der Waals surface area contributed by atoms with Crippen molar-refractivity contribution < 1.29 is 4.42 Å². The van der Waals surface area contributed by atoms with Gasteiger partial charge >= 0.3 is 0 Å². The van der Waals surface area contributed by atoms with Gasteiger partial charge in [-0.1, -0.05) is 45.4 Å². The molecule has 3 nitrogen and oxygen atoms in total. The van der Waals surface area contributed by atoms with Crippen LogP contribution in [0, 0.1) is 0 Å². The summed E-state index contributed by atoms with van der Waals surface area (Å²) in [6.45, 7) is 11.6. The van der Waals surface area contributed by atoms with Crippen LogP contribution in [-0.4, -0.2) is 24.5 Å². The third-order valence-electron chi connectivity index (χ3n) is 3.97. The zero-order valence-electron chi connectivity index (χ0n) is 13.6. The van der Waals surface area contributed by atoms with Gasteiger partial charge in [0.05, 0.1) is 6.54 Å². The summed E-state index contributed by atoms with van der Waals surface area (Å²) >= 11 is 0. The molecule has 0 radical (unpaired) electrons. The first-order valence-electron chi connectivity index (χ1n) is 8.22. The summed E-state index contributed by atoms with van der Waals surface area (Å²) in [5.74, 6) is 1.09. The summed E-state index contributed by atoms with van der Waals surface area (Å²) in [5, 5.41) is 4.65. The number of fused-ring (bicyclic) bond motifs is 1. The fourth-order valence-electron chi connectivity index (χ4n) is 2.66. The van der Waals surface area contributed by atoms with Gasteiger partial charge in [-0.05, 0) is 32.1 Å². The maximum Gasteiger partial charge on any atom is 0.134 e. The van der Waals surface area contributed by atoms with Crippen LogP contribution in [0.3, 0.4) is 0 Å². The number of nitrogens with one attached hydrogen (secondary N) is 1. The van der Waals surface area contributed by atoms with Gasteiger partial charge in [-0.15, -0.1) is 0 Å². The van der Waals surface area contributed by atoms with Crippen LogP contribution in [0.25, 0.3) is 11.0 Å². The SMILES string of the molecule is CCCCN(CC)Cc1c(CNCC)oc2ccccc12. The average molecular weight is 288 g/mol. The molecule has 0 atom stereocenters. The number of hydrogen-bond acceptors (Lipinski definition) is 3. The Labute approximate surface area is 128 Å². The van der Waals surface area contributed by atoms with Gasteiger partial charge in [0, 0.05) is 17.5 Å². The number of unbranched alkanes of at least 4 members (excludes halogenated alkanes) is 1. The first kappa shape index (κ1) is 16.1. The van der Waals surface area contributed by atoms with Crippen LogP contribution >= 0.6 is 0 Å². The Morgan fingerprint density at radius 3 is 2.67 bits per heavy atom. The van der Waals surface area contributed by atoms with E-state index in [4.69, 9.17) is 4.42 Å². The Morgan fingerprint density at radius 1 is 1.14 bits per heavy atom. The minimum Gasteiger partial charge on any atom is -0.459 e. The Hall–Kier alpha value is -1.32. The fourth-order valence-corrected chi connectivity index (χ4v) is 2.66. The molecule has 3 heteroatoms. The van der Waals surface area contributed by atoms with Crippen LogP contribution < -0.4 is 5.32 Å². The van der Waals surface area contributed by atoms with Crippen LogP contribution in [-0.2, 0) is 13.1 Å². The monoisotopic (exact) mass is 288 g/mol. The summed E-state index contributed by atoms with van der Waals surface area (Å²) in [5.41, 5.74) is 2.36. The maximum absolute atomic E-state index is 6.06. The first-order chi connectivity index (χ1) is 10.3. The molecule has 0 aliphatic heterocycles. The van der Waals surface area contributed by atoms with E-state index in [0.717, 1.165) is 44.1 Å². The van der Waals surface area contributed by atoms with Gasteiger partial charge in [0.2, 0.25) is 0 Å². The molecule has 2 rings (SSSR count). The highest BCUT2D eigenvalue weighted by Gasteiger charge is 2.15. The normalized spacial score (nSPS) is 11.6. The highest BCUT2D eigenvalue weighted by molar-refractivity contribution is 5.82. The van der Waals surface area contributed by atoms with E-state index in [0.29, 0.717) is 0 Å². The van der Waals surface area contributed by atoms with Crippen LogP contribution in [0.1, 0.15) is 44.9 Å². The van der Waals surface area contributed by atoms with Crippen molar-refractivity contribution in [2.75, 3.05) is 19.6 Å². The lowest BCUT2D eigenvalue weighted by Crippen LogP contribution is -2.25. The van der Waals surface area contributed by atoms with Crippen molar-refractivity contribution in [3.05, 3.63) is 35.6 Å². The lowest BCUT2D eigenvalue weighted by atomic mass is 10.1. The van der Waals surface area contributed by atoms with Gasteiger partial charge in [0.1, 0.15) is 11.3 Å². The molecule has 0 spiro atoms. The minimum absolute atomic E-state index is 0.811. The molecule has 2 aromatic rings. The number of para-hydroxylation sites is 1. The lowest BCUT2D eigenvalue weighted by Gasteiger charge is -2.20. The molecule has 0 fully saturated rings. The van der Waals surface area contributed by atoms with Crippen LogP contribution in [0.4, 0.5) is 0 Å². The Bertz CT molecular complexity index is 547. The summed E-state index contributed by atoms with van der Waals surface area (Å²) < 4.78 is 6.06. The molecule has 1 N–H and O–H groups in total. The van der Waals surface area contributed by atoms with Gasteiger partial charge in [-0.2, -0.15) is 0 Å². The molecular formula is C18H28N2O. The molecule has 0 bridgehead atoms. The zero-order chi connectivity index (χ0) is 15.1. The third kappa shape index (κ3) is 4.08. The van der Waals surface area contributed by atoms with E-state index >= 15 is 0 Å². The molecule has 0 saturated heterocycles. The highest BCUT2D eigenvalue weighted by atomic mass is 16.3. The molecular weight excluding hydrogens is 260 g/mol. The van der Waals surface area contributed by atoms with E-state index in [-0.39, 0.29) is 0 Å². The predicted octanol–water partition coefficient (Wildman–Crippen LogP) is 4.16. The Kier molecular flexibility index (Phi) is 6.27. The van der Waals surface area contributed by atoms with Crippen LogP contribution in [0.15, 0.2) is 28.7 Å². The molecule has 0 unspecified atom stereocenters. The van der Waals surface area contributed by atoms with E-state index < -0.39 is 0 Å². The number of hydrogen-bond donors (Lipinski definition) is 1. The van der Waals surface area contributed by atoms with Crippen molar-refractivity contribution >= 4 is 11.0 Å². The molecule has 0 aliphatic rings. The number of rotatable bonds is 9. The highest BCUT2D eigenvalue weighted by Crippen LogP contribution is 2.27. The second-order valence-electron chi connectivity index (χ2n) is 5.50. The average Bonchev–Trinajstić information content (AvgIpc) is 2.87. The van der Waals surface area contributed by atoms with Crippen molar-refractivity contribution in [1.82, 2.24) is 10.2 Å². The second-order valence-corrected chi connectivity index (χ2v) is 5.50. The Balaban J connectivity index is 2.25. The van der Waals surface area contributed by atoms with Crippen molar-refractivity contribution in [3.8, 4) is 0 Å². The fraction of sp³-hybridized carbons (Fsp3) is 0.556. The Morgan fingerprint density at radius 2 is 1.95 bits per heavy atom. The van der Waals surface area contributed by atoms with E-state index in [1.165, 1.54) is 23.8 Å². The van der Waals surface area contributed by atoms with Crippen molar-refractivity contribution in [2.45, 2.75) is 46.7 Å². The van der Waals surface area contributed by atoms with Gasteiger partial charge in [-0.3, -0.25) is 4.90 Å². The molecule has 1 aromatic carbocycles. The maximum atomic E-state index is 6.06. The summed E-state index contributed by atoms with van der Waals surface area (Å²) in [4.78, 5) is 2.51. The van der Waals surface area contributed by atoms with Gasteiger partial charge in [-0.25, -0.2) is 0 Å². The molecule has 0 saturated carbocycles. The van der Waals surface area contributed by atoms with Gasteiger partial charge in [0.25, 0.3) is 0 Å². The van der Waals surface area contributed by atoms with E-state index in [9.17, 15) is 0 Å². The lowest BCUT2D eigenvalue weighted by molar-refractivity contribution is 0.273. The number of benzene rings is 1. The van der Waals surface area contributed by atoms with Crippen LogP contribution in [0.5, 0.6) is 0 Å². The van der Waals surface area contributed by atoms with E-state index in [1.807, 2.05) is 6.07 Å². The standard InChI is InChI=1S/C18H28N2O/c1-4-7-12-20(6-3)14-16-15-10-8-9-11-17(15)21-18(16)13-19-5-2/h8-11,19H,4-7,12-14H2,1-3H3. The minimum atomic E-state index is 0.811. The smallest absolute Gasteiger partial charge is 0.134 e. The molecule has 0 amide bonds. The summed E-state index contributed by atoms with van der Waals surface area (Å²) in [6, 6.07) is 8.38. The first-order valence-corrected chi connectivity index (χ1v) is 8.22.